The fourth-order valence-corrected chi connectivity index (χ4v) is 4.13. The highest BCUT2D eigenvalue weighted by Gasteiger charge is 2.25. The van der Waals surface area contributed by atoms with Crippen molar-refractivity contribution in [3.05, 3.63) is 82.4 Å². The molecule has 10 heteroatoms. The van der Waals surface area contributed by atoms with Crippen LogP contribution in [0.5, 0.6) is 0 Å². The second-order valence-corrected chi connectivity index (χ2v) is 9.48. The number of aryl methyl sites for hydroxylation is 1. The molecule has 30 heavy (non-hydrogen) atoms. The number of carbonyl (C=O) groups is 1. The molecule has 0 aliphatic heterocycles. The molecule has 0 saturated heterocycles. The number of anilines is 1. The summed E-state index contributed by atoms with van der Waals surface area (Å²) in [4.78, 5) is 17.2. The lowest BCUT2D eigenvalue weighted by molar-refractivity contribution is -0.120. The topological polar surface area (TPSA) is 84.3 Å². The predicted octanol–water partition coefficient (Wildman–Crippen LogP) is 3.40. The molecule has 0 aliphatic carbocycles. The van der Waals surface area contributed by atoms with Crippen molar-refractivity contribution in [1.82, 2.24) is 14.9 Å². The van der Waals surface area contributed by atoms with Crippen molar-refractivity contribution in [2.75, 3.05) is 17.1 Å². The summed E-state index contributed by atoms with van der Waals surface area (Å²) in [6.45, 7) is -0.409. The van der Waals surface area contributed by atoms with Crippen LogP contribution in [0.3, 0.4) is 0 Å². The van der Waals surface area contributed by atoms with Gasteiger partial charge in [-0.05, 0) is 35.9 Å². The summed E-state index contributed by atoms with van der Waals surface area (Å²) in [5.41, 5.74) is 1.07. The quantitative estimate of drug-likeness (QED) is 0.578. The van der Waals surface area contributed by atoms with Crippen molar-refractivity contribution < 1.29 is 13.2 Å². The molecular formula is C20H20Cl2N4O3S. The van der Waals surface area contributed by atoms with Crippen LogP contribution in [-0.2, 0) is 21.9 Å². The first-order valence-electron chi connectivity index (χ1n) is 8.90. The molecule has 0 fully saturated rings. The van der Waals surface area contributed by atoms with E-state index in [9.17, 15) is 13.2 Å². The molecule has 3 rings (SSSR count). The average Bonchev–Trinajstić information content (AvgIpc) is 3.10. The van der Waals surface area contributed by atoms with Gasteiger partial charge in [0.15, 0.2) is 0 Å². The summed E-state index contributed by atoms with van der Waals surface area (Å²) in [7, 11) is -1.91. The normalized spacial score (nSPS) is 12.4. The monoisotopic (exact) mass is 466 g/mol. The van der Waals surface area contributed by atoms with E-state index < -0.39 is 28.5 Å². The van der Waals surface area contributed by atoms with Crippen molar-refractivity contribution in [2.24, 2.45) is 7.05 Å². The number of amides is 1. The zero-order valence-electron chi connectivity index (χ0n) is 16.3. The lowest BCUT2D eigenvalue weighted by atomic mass is 10.1. The maximum absolute atomic E-state index is 12.9. The van der Waals surface area contributed by atoms with Crippen LogP contribution in [0.4, 0.5) is 5.69 Å². The molecule has 0 aliphatic rings. The molecule has 158 valence electrons. The molecule has 3 aromatic rings. The van der Waals surface area contributed by atoms with Crippen LogP contribution >= 0.6 is 23.2 Å². The van der Waals surface area contributed by atoms with Crippen LogP contribution in [0.1, 0.15) is 17.4 Å². The largest absolute Gasteiger partial charge is 0.341 e. The molecular weight excluding hydrogens is 447 g/mol. The minimum absolute atomic E-state index is 0.306. The molecule has 2 aromatic carbocycles. The van der Waals surface area contributed by atoms with Crippen LogP contribution in [-0.4, -0.2) is 36.7 Å². The van der Waals surface area contributed by atoms with E-state index >= 15 is 0 Å². The van der Waals surface area contributed by atoms with E-state index in [0.717, 1.165) is 16.1 Å². The Hall–Kier alpha value is -2.55. The summed E-state index contributed by atoms with van der Waals surface area (Å²) in [6.07, 6.45) is 4.43. The Morgan fingerprint density at radius 1 is 1.17 bits per heavy atom. The van der Waals surface area contributed by atoms with E-state index in [0.29, 0.717) is 21.6 Å². The molecule has 1 unspecified atom stereocenters. The van der Waals surface area contributed by atoms with Crippen LogP contribution in [0.15, 0.2) is 60.9 Å². The van der Waals surface area contributed by atoms with E-state index in [1.54, 1.807) is 59.4 Å². The molecule has 1 aromatic heterocycles. The van der Waals surface area contributed by atoms with Crippen molar-refractivity contribution in [2.45, 2.75) is 6.04 Å². The van der Waals surface area contributed by atoms with Crippen LogP contribution in [0.2, 0.25) is 10.0 Å². The number of sulfonamides is 1. The van der Waals surface area contributed by atoms with Gasteiger partial charge < -0.3 is 9.88 Å². The highest BCUT2D eigenvalue weighted by molar-refractivity contribution is 7.92. The van der Waals surface area contributed by atoms with Gasteiger partial charge >= 0.3 is 0 Å². The SMILES string of the molecule is Cn1ccnc1C(NC(=O)CN(c1cccc(Cl)c1)S(C)(=O)=O)c1ccc(Cl)cc1. The van der Waals surface area contributed by atoms with Gasteiger partial charge in [-0.1, -0.05) is 41.4 Å². The van der Waals surface area contributed by atoms with Gasteiger partial charge in [0.2, 0.25) is 15.9 Å². The van der Waals surface area contributed by atoms with E-state index in [-0.39, 0.29) is 0 Å². The minimum atomic E-state index is -3.72. The van der Waals surface area contributed by atoms with Gasteiger partial charge in [0.25, 0.3) is 0 Å². The smallest absolute Gasteiger partial charge is 0.241 e. The van der Waals surface area contributed by atoms with Crippen molar-refractivity contribution in [1.29, 1.82) is 0 Å². The highest BCUT2D eigenvalue weighted by atomic mass is 35.5. The standard InChI is InChI=1S/C20H20Cl2N4O3S/c1-25-11-10-23-20(25)19(14-6-8-15(21)9-7-14)24-18(27)13-26(30(2,28)29)17-5-3-4-16(22)12-17/h3-12,19H,13H2,1-2H3,(H,24,27). The number of hydrogen-bond donors (Lipinski definition) is 1. The van der Waals surface area contributed by atoms with Gasteiger partial charge in [0.05, 0.1) is 11.9 Å². The number of benzene rings is 2. The summed E-state index contributed by atoms with van der Waals surface area (Å²) >= 11 is 12.0. The molecule has 1 amide bonds. The molecule has 0 spiro atoms. The van der Waals surface area contributed by atoms with Crippen molar-refractivity contribution in [3.63, 3.8) is 0 Å². The van der Waals surface area contributed by atoms with E-state index in [4.69, 9.17) is 23.2 Å². The Labute approximate surface area is 185 Å². The lowest BCUT2D eigenvalue weighted by Crippen LogP contribution is -2.42. The van der Waals surface area contributed by atoms with E-state index in [1.807, 2.05) is 7.05 Å². The first kappa shape index (κ1) is 22.1. The second kappa shape index (κ2) is 9.07. The predicted molar refractivity (Wildman–Crippen MR) is 118 cm³/mol. The Morgan fingerprint density at radius 3 is 2.43 bits per heavy atom. The van der Waals surface area contributed by atoms with E-state index in [2.05, 4.69) is 10.3 Å². The third-order valence-corrected chi connectivity index (χ3v) is 6.04. The molecule has 1 N–H and O–H groups in total. The zero-order valence-corrected chi connectivity index (χ0v) is 18.6. The second-order valence-electron chi connectivity index (χ2n) is 6.70. The third-order valence-electron chi connectivity index (χ3n) is 4.41. The first-order valence-corrected chi connectivity index (χ1v) is 11.5. The Bertz CT molecular complexity index is 1150. The van der Waals surface area contributed by atoms with Gasteiger partial charge in [-0.15, -0.1) is 0 Å². The number of carbonyl (C=O) groups excluding carboxylic acids is 1. The Morgan fingerprint density at radius 2 is 1.87 bits per heavy atom. The number of nitrogens with one attached hydrogen (secondary N) is 1. The number of nitrogens with zero attached hydrogens (tertiary/aromatic N) is 3. The van der Waals surface area contributed by atoms with E-state index in [1.165, 1.54) is 6.07 Å². The number of hydrogen-bond acceptors (Lipinski definition) is 4. The average molecular weight is 467 g/mol. The maximum atomic E-state index is 12.9. The van der Waals surface area contributed by atoms with Gasteiger partial charge in [-0.25, -0.2) is 13.4 Å². The fourth-order valence-electron chi connectivity index (χ4n) is 2.98. The molecule has 1 atom stereocenters. The third kappa shape index (κ3) is 5.33. The van der Waals surface area contributed by atoms with Crippen molar-refractivity contribution >= 4 is 44.8 Å². The molecule has 0 bridgehead atoms. The number of aromatic nitrogens is 2. The molecule has 7 nitrogen and oxygen atoms in total. The number of rotatable bonds is 7. The summed E-state index contributed by atoms with van der Waals surface area (Å²) in [5.74, 6) is 0.0997. The van der Waals surface area contributed by atoms with Crippen LogP contribution in [0.25, 0.3) is 0 Å². The van der Waals surface area contributed by atoms with Crippen LogP contribution in [0, 0.1) is 0 Å². The van der Waals surface area contributed by atoms with Crippen molar-refractivity contribution in [3.8, 4) is 0 Å². The number of imidazole rings is 1. The summed E-state index contributed by atoms with van der Waals surface area (Å²) < 4.78 is 27.4. The van der Waals surface area contributed by atoms with Gasteiger partial charge in [0, 0.05) is 29.5 Å². The summed E-state index contributed by atoms with van der Waals surface area (Å²) in [5, 5.41) is 3.81. The molecule has 1 heterocycles. The van der Waals surface area contributed by atoms with Crippen LogP contribution < -0.4 is 9.62 Å². The Kier molecular flexibility index (Phi) is 6.70. The highest BCUT2D eigenvalue weighted by Crippen LogP contribution is 2.24. The fraction of sp³-hybridized carbons (Fsp3) is 0.200. The maximum Gasteiger partial charge on any atom is 0.241 e. The zero-order chi connectivity index (χ0) is 21.9. The first-order chi connectivity index (χ1) is 14.1. The number of halogens is 2. The van der Waals surface area contributed by atoms with Gasteiger partial charge in [0.1, 0.15) is 18.4 Å². The Balaban J connectivity index is 1.89. The molecule has 0 saturated carbocycles. The summed E-state index contributed by atoms with van der Waals surface area (Å²) in [6, 6.07) is 12.7. The minimum Gasteiger partial charge on any atom is -0.341 e. The van der Waals surface area contributed by atoms with Gasteiger partial charge in [-0.3, -0.25) is 9.10 Å². The molecule has 0 radical (unpaired) electrons. The lowest BCUT2D eigenvalue weighted by Gasteiger charge is -2.24. The van der Waals surface area contributed by atoms with Gasteiger partial charge in [-0.2, -0.15) is 0 Å².